The van der Waals surface area contributed by atoms with Gasteiger partial charge < -0.3 is 10.0 Å². The fraction of sp³-hybridized carbons (Fsp3) is 0.591. The molecule has 1 aromatic carbocycles. The highest BCUT2D eigenvalue weighted by molar-refractivity contribution is 6.11. The molecule has 3 amide bonds. The first-order chi connectivity index (χ1) is 14.7. The van der Waals surface area contributed by atoms with Gasteiger partial charge in [-0.1, -0.05) is 18.2 Å². The Bertz CT molecular complexity index is 899. The summed E-state index contributed by atoms with van der Waals surface area (Å²) in [6.45, 7) is 0.195. The van der Waals surface area contributed by atoms with Gasteiger partial charge in [0.1, 0.15) is 0 Å². The molecular formula is C22H25F3N2O4. The van der Waals surface area contributed by atoms with Gasteiger partial charge in [0.15, 0.2) is 0 Å². The molecule has 2 aliphatic heterocycles. The molecular weight excluding hydrogens is 413 g/mol. The lowest BCUT2D eigenvalue weighted by molar-refractivity contribution is -0.144. The lowest BCUT2D eigenvalue weighted by atomic mass is 9.75. The van der Waals surface area contributed by atoms with Crippen LogP contribution in [0.4, 0.5) is 13.2 Å². The van der Waals surface area contributed by atoms with Crippen LogP contribution in [0.5, 0.6) is 0 Å². The molecule has 0 radical (unpaired) electrons. The van der Waals surface area contributed by atoms with Crippen molar-refractivity contribution in [2.45, 2.75) is 68.6 Å². The predicted octanol–water partition coefficient (Wildman–Crippen LogP) is 2.63. The highest BCUT2D eigenvalue weighted by atomic mass is 19.4. The van der Waals surface area contributed by atoms with Crippen molar-refractivity contribution >= 4 is 17.7 Å². The number of benzene rings is 1. The molecule has 2 saturated heterocycles. The highest BCUT2D eigenvalue weighted by Gasteiger charge is 2.57. The number of halogens is 3. The van der Waals surface area contributed by atoms with Crippen molar-refractivity contribution in [2.24, 2.45) is 0 Å². The van der Waals surface area contributed by atoms with Crippen molar-refractivity contribution in [3.63, 3.8) is 0 Å². The Morgan fingerprint density at radius 1 is 1.16 bits per heavy atom. The highest BCUT2D eigenvalue weighted by Crippen LogP contribution is 2.45. The Labute approximate surface area is 178 Å². The van der Waals surface area contributed by atoms with Crippen LogP contribution in [0.2, 0.25) is 0 Å². The minimum absolute atomic E-state index is 0.0368. The van der Waals surface area contributed by atoms with Gasteiger partial charge in [0.25, 0.3) is 0 Å². The topological polar surface area (TPSA) is 77.9 Å². The molecule has 1 aromatic rings. The van der Waals surface area contributed by atoms with E-state index in [1.165, 1.54) is 17.0 Å². The average molecular weight is 438 g/mol. The number of aliphatic hydroxyl groups is 1. The molecule has 3 aliphatic rings. The Balaban J connectivity index is 1.73. The Morgan fingerprint density at radius 3 is 2.55 bits per heavy atom. The first-order valence-electron chi connectivity index (χ1n) is 10.6. The molecule has 4 rings (SSSR count). The number of carbonyl (C=O) groups is 3. The van der Waals surface area contributed by atoms with Crippen LogP contribution in [0, 0.1) is 0 Å². The summed E-state index contributed by atoms with van der Waals surface area (Å²) in [6.07, 6.45) is -1.75. The van der Waals surface area contributed by atoms with E-state index in [0.717, 1.165) is 29.9 Å². The summed E-state index contributed by atoms with van der Waals surface area (Å²) in [4.78, 5) is 42.1. The fourth-order valence-electron chi connectivity index (χ4n) is 4.80. The van der Waals surface area contributed by atoms with Crippen LogP contribution in [0.25, 0.3) is 0 Å². The van der Waals surface area contributed by atoms with Gasteiger partial charge in [0.05, 0.1) is 23.6 Å². The van der Waals surface area contributed by atoms with Gasteiger partial charge in [-0.15, -0.1) is 0 Å². The molecule has 6 nitrogen and oxygen atoms in total. The molecule has 2 atom stereocenters. The Kier molecular flexibility index (Phi) is 5.57. The van der Waals surface area contributed by atoms with Crippen LogP contribution in [0.15, 0.2) is 24.3 Å². The second-order valence-electron chi connectivity index (χ2n) is 8.73. The number of nitrogens with zero attached hydrogens (tertiary/aromatic N) is 2. The van der Waals surface area contributed by atoms with E-state index in [4.69, 9.17) is 0 Å². The van der Waals surface area contributed by atoms with Gasteiger partial charge in [0.2, 0.25) is 17.7 Å². The van der Waals surface area contributed by atoms with Crippen molar-refractivity contribution < 1.29 is 32.7 Å². The summed E-state index contributed by atoms with van der Waals surface area (Å²) < 4.78 is 40.1. The van der Waals surface area contributed by atoms with Crippen molar-refractivity contribution in [1.82, 2.24) is 9.80 Å². The molecule has 1 aliphatic carbocycles. The molecule has 2 heterocycles. The first kappa shape index (κ1) is 21.8. The monoisotopic (exact) mass is 438 g/mol. The summed E-state index contributed by atoms with van der Waals surface area (Å²) in [5.41, 5.74) is -2.54. The third-order valence-corrected chi connectivity index (χ3v) is 6.62. The number of rotatable bonds is 5. The van der Waals surface area contributed by atoms with E-state index in [9.17, 15) is 32.7 Å². The summed E-state index contributed by atoms with van der Waals surface area (Å²) in [6, 6.07) is 3.78. The van der Waals surface area contributed by atoms with Gasteiger partial charge >= 0.3 is 6.18 Å². The van der Waals surface area contributed by atoms with E-state index in [-0.39, 0.29) is 30.7 Å². The molecule has 0 bridgehead atoms. The Hall–Kier alpha value is -2.42. The van der Waals surface area contributed by atoms with E-state index in [0.29, 0.717) is 25.8 Å². The van der Waals surface area contributed by atoms with Crippen LogP contribution in [-0.2, 0) is 26.0 Å². The second kappa shape index (κ2) is 7.93. The number of hydrogen-bond donors (Lipinski definition) is 1. The molecule has 0 aromatic heterocycles. The molecule has 168 valence electrons. The van der Waals surface area contributed by atoms with Gasteiger partial charge in [0, 0.05) is 25.4 Å². The van der Waals surface area contributed by atoms with Gasteiger partial charge in [-0.3, -0.25) is 19.3 Å². The first-order valence-corrected chi connectivity index (χ1v) is 10.6. The zero-order valence-corrected chi connectivity index (χ0v) is 17.0. The number of aliphatic hydroxyl groups excluding tert-OH is 1. The van der Waals surface area contributed by atoms with E-state index in [1.807, 2.05) is 0 Å². The third-order valence-electron chi connectivity index (χ3n) is 6.62. The van der Waals surface area contributed by atoms with Crippen molar-refractivity contribution in [1.29, 1.82) is 0 Å². The van der Waals surface area contributed by atoms with Crippen molar-refractivity contribution in [2.75, 3.05) is 13.2 Å². The lowest BCUT2D eigenvalue weighted by Crippen LogP contribution is -2.49. The number of carbonyl (C=O) groups excluding carboxylic acids is 3. The molecule has 0 unspecified atom stereocenters. The van der Waals surface area contributed by atoms with Crippen LogP contribution in [0.3, 0.4) is 0 Å². The lowest BCUT2D eigenvalue weighted by Gasteiger charge is -2.37. The van der Waals surface area contributed by atoms with E-state index >= 15 is 0 Å². The maximum absolute atomic E-state index is 13.5. The number of imide groups is 1. The summed E-state index contributed by atoms with van der Waals surface area (Å²) in [5, 5.41) is 9.65. The molecule has 0 spiro atoms. The smallest absolute Gasteiger partial charge is 0.394 e. The zero-order chi connectivity index (χ0) is 22.4. The van der Waals surface area contributed by atoms with Crippen molar-refractivity contribution in [3.05, 3.63) is 35.4 Å². The third kappa shape index (κ3) is 3.95. The quantitative estimate of drug-likeness (QED) is 0.717. The summed E-state index contributed by atoms with van der Waals surface area (Å²) in [5.74, 6) is -1.46. The van der Waals surface area contributed by atoms with E-state index in [1.54, 1.807) is 0 Å². The fourth-order valence-corrected chi connectivity index (χ4v) is 4.80. The minimum atomic E-state index is -4.61. The van der Waals surface area contributed by atoms with E-state index < -0.39 is 41.3 Å². The van der Waals surface area contributed by atoms with E-state index in [2.05, 4.69) is 0 Å². The molecule has 3 fully saturated rings. The normalized spacial score (nSPS) is 27.2. The number of piperidine rings is 1. The van der Waals surface area contributed by atoms with Gasteiger partial charge in [-0.05, 0) is 43.7 Å². The van der Waals surface area contributed by atoms with Gasteiger partial charge in [-0.2, -0.15) is 13.2 Å². The number of hydrogen-bond acceptors (Lipinski definition) is 4. The maximum atomic E-state index is 13.5. The van der Waals surface area contributed by atoms with Gasteiger partial charge in [-0.25, -0.2) is 0 Å². The SMILES string of the molecule is O=C1C[C@](CC(=O)N2CCCC[C@H]2CO)(c2cccc(C(F)(F)F)c2)C(=O)N1C1CC1. The standard InChI is InChI=1S/C22H25F3N2O4/c23-22(24,25)15-5-3-4-14(10-15)21(12-19(30)27(20(21)31)16-7-8-16)11-18(29)26-9-2-1-6-17(26)13-28/h3-5,10,16-17,28H,1-2,6-9,11-13H2/t17-,21+/m0/s1. The molecule has 1 saturated carbocycles. The molecule has 1 N–H and O–H groups in total. The maximum Gasteiger partial charge on any atom is 0.416 e. The second-order valence-corrected chi connectivity index (χ2v) is 8.73. The summed E-state index contributed by atoms with van der Waals surface area (Å²) >= 11 is 0. The average Bonchev–Trinajstić information content (AvgIpc) is 3.53. The molecule has 9 heteroatoms. The zero-order valence-electron chi connectivity index (χ0n) is 17.0. The summed E-state index contributed by atoms with van der Waals surface area (Å²) in [7, 11) is 0. The Morgan fingerprint density at radius 2 is 1.90 bits per heavy atom. The number of amides is 3. The molecule has 31 heavy (non-hydrogen) atoms. The van der Waals surface area contributed by atoms with Crippen LogP contribution >= 0.6 is 0 Å². The number of alkyl halides is 3. The number of likely N-dealkylation sites (tertiary alicyclic amines) is 2. The van der Waals surface area contributed by atoms with Crippen molar-refractivity contribution in [3.8, 4) is 0 Å². The van der Waals surface area contributed by atoms with Crippen LogP contribution in [0.1, 0.15) is 56.1 Å². The van der Waals surface area contributed by atoms with Crippen LogP contribution < -0.4 is 0 Å². The minimum Gasteiger partial charge on any atom is -0.394 e. The van der Waals surface area contributed by atoms with Crippen LogP contribution in [-0.4, -0.2) is 57.9 Å². The largest absolute Gasteiger partial charge is 0.416 e. The predicted molar refractivity (Wildman–Crippen MR) is 104 cm³/mol.